The van der Waals surface area contributed by atoms with E-state index in [2.05, 4.69) is 13.8 Å². The molecule has 4 aliphatic rings. The fraction of sp³-hybridized carbons (Fsp3) is 0.952. The van der Waals surface area contributed by atoms with Crippen LogP contribution in [0.5, 0.6) is 0 Å². The molecule has 0 amide bonds. The van der Waals surface area contributed by atoms with Gasteiger partial charge in [-0.25, -0.2) is 0 Å². The summed E-state index contributed by atoms with van der Waals surface area (Å²) in [7, 11) is 0. The number of fused-ring (bicyclic) bond motifs is 5. The minimum absolute atomic E-state index is 0.0399. The van der Waals surface area contributed by atoms with Crippen LogP contribution in [-0.2, 0) is 4.79 Å². The van der Waals surface area contributed by atoms with E-state index in [4.69, 9.17) is 0 Å². The fourth-order valence-electron chi connectivity index (χ4n) is 7.85. The molecule has 8 unspecified atom stereocenters. The third-order valence-corrected chi connectivity index (χ3v) is 9.22. The van der Waals surface area contributed by atoms with E-state index in [-0.39, 0.29) is 6.10 Å². The SMILES string of the molecule is CC12CCC3C(CCC4CC(O)CCC43C)C1CCC2CC=O. The van der Waals surface area contributed by atoms with Crippen LogP contribution in [0.1, 0.15) is 78.1 Å². The molecule has 0 heterocycles. The number of aliphatic hydroxyl groups is 1. The van der Waals surface area contributed by atoms with Gasteiger partial charge in [-0.3, -0.25) is 0 Å². The molecule has 4 aliphatic carbocycles. The predicted octanol–water partition coefficient (Wildman–Crippen LogP) is 4.60. The Morgan fingerprint density at radius 3 is 2.48 bits per heavy atom. The largest absolute Gasteiger partial charge is 0.393 e. The zero-order valence-corrected chi connectivity index (χ0v) is 15.0. The average Bonchev–Trinajstić information content (AvgIpc) is 2.85. The van der Waals surface area contributed by atoms with E-state index in [1.807, 2.05) is 0 Å². The molecular formula is C21H34O2. The number of carbonyl (C=O) groups excluding carboxylic acids is 1. The highest BCUT2D eigenvalue weighted by Gasteiger charge is 2.59. The average molecular weight is 319 g/mol. The van der Waals surface area contributed by atoms with Gasteiger partial charge in [0.1, 0.15) is 6.29 Å². The first-order valence-corrected chi connectivity index (χ1v) is 10.1. The number of hydrogen-bond acceptors (Lipinski definition) is 2. The number of rotatable bonds is 2. The molecule has 23 heavy (non-hydrogen) atoms. The van der Waals surface area contributed by atoms with Gasteiger partial charge in [-0.1, -0.05) is 13.8 Å². The topological polar surface area (TPSA) is 37.3 Å². The van der Waals surface area contributed by atoms with Crippen LogP contribution in [0.3, 0.4) is 0 Å². The molecule has 4 fully saturated rings. The van der Waals surface area contributed by atoms with Crippen molar-refractivity contribution in [3.05, 3.63) is 0 Å². The van der Waals surface area contributed by atoms with Crippen LogP contribution in [0, 0.1) is 40.4 Å². The maximum Gasteiger partial charge on any atom is 0.120 e. The smallest absolute Gasteiger partial charge is 0.120 e. The number of aldehydes is 1. The highest BCUT2D eigenvalue weighted by Crippen LogP contribution is 2.67. The van der Waals surface area contributed by atoms with E-state index in [1.54, 1.807) is 0 Å². The summed E-state index contributed by atoms with van der Waals surface area (Å²) in [6.07, 6.45) is 13.3. The van der Waals surface area contributed by atoms with E-state index < -0.39 is 0 Å². The van der Waals surface area contributed by atoms with Crippen molar-refractivity contribution in [2.24, 2.45) is 40.4 Å². The quantitative estimate of drug-likeness (QED) is 0.756. The monoisotopic (exact) mass is 318 g/mol. The first-order valence-electron chi connectivity index (χ1n) is 10.1. The lowest BCUT2D eigenvalue weighted by atomic mass is 9.44. The van der Waals surface area contributed by atoms with Crippen molar-refractivity contribution in [3.63, 3.8) is 0 Å². The molecule has 2 heteroatoms. The Labute approximate surface area is 141 Å². The highest BCUT2D eigenvalue weighted by atomic mass is 16.3. The first kappa shape index (κ1) is 16.1. The van der Waals surface area contributed by atoms with Gasteiger partial charge < -0.3 is 9.90 Å². The number of hydrogen-bond donors (Lipinski definition) is 1. The number of carbonyl (C=O) groups is 1. The summed E-state index contributed by atoms with van der Waals surface area (Å²) < 4.78 is 0. The summed E-state index contributed by atoms with van der Waals surface area (Å²) in [6, 6.07) is 0. The van der Waals surface area contributed by atoms with Crippen LogP contribution in [0.25, 0.3) is 0 Å². The van der Waals surface area contributed by atoms with Gasteiger partial charge in [0.2, 0.25) is 0 Å². The second-order valence-electron chi connectivity index (χ2n) is 9.81. The molecule has 2 nitrogen and oxygen atoms in total. The van der Waals surface area contributed by atoms with Crippen molar-refractivity contribution in [2.45, 2.75) is 84.2 Å². The molecule has 0 aromatic carbocycles. The lowest BCUT2D eigenvalue weighted by Crippen LogP contribution is -2.53. The van der Waals surface area contributed by atoms with E-state index in [9.17, 15) is 9.90 Å². The third kappa shape index (κ3) is 2.27. The van der Waals surface area contributed by atoms with Gasteiger partial charge in [0.15, 0.2) is 0 Å². The minimum atomic E-state index is -0.0399. The van der Waals surface area contributed by atoms with Crippen LogP contribution in [0.15, 0.2) is 0 Å². The molecule has 0 radical (unpaired) electrons. The Kier molecular flexibility index (Phi) is 3.91. The predicted molar refractivity (Wildman–Crippen MR) is 91.9 cm³/mol. The van der Waals surface area contributed by atoms with Gasteiger partial charge in [0.25, 0.3) is 0 Å². The lowest BCUT2D eigenvalue weighted by Gasteiger charge is -2.61. The summed E-state index contributed by atoms with van der Waals surface area (Å²) in [5, 5.41) is 10.1. The standard InChI is InChI=1S/C21H34O2/c1-20-11-8-19-17(18(20)6-4-14(20)9-12-22)5-3-15-13-16(23)7-10-21(15,19)2/h12,14-19,23H,3-11,13H2,1-2H3. The van der Waals surface area contributed by atoms with Crippen molar-refractivity contribution in [2.75, 3.05) is 0 Å². The minimum Gasteiger partial charge on any atom is -0.393 e. The van der Waals surface area contributed by atoms with Crippen LogP contribution >= 0.6 is 0 Å². The molecular weight excluding hydrogens is 284 g/mol. The maximum atomic E-state index is 11.1. The van der Waals surface area contributed by atoms with Gasteiger partial charge in [-0.05, 0) is 98.2 Å². The molecule has 0 aromatic rings. The second kappa shape index (κ2) is 5.58. The Balaban J connectivity index is 1.59. The molecule has 0 aromatic heterocycles. The van der Waals surface area contributed by atoms with Crippen LogP contribution < -0.4 is 0 Å². The Bertz CT molecular complexity index is 474. The molecule has 0 saturated heterocycles. The molecule has 0 aliphatic heterocycles. The molecule has 1 N–H and O–H groups in total. The summed E-state index contributed by atoms with van der Waals surface area (Å²) in [5.74, 6) is 4.02. The van der Waals surface area contributed by atoms with E-state index in [0.29, 0.717) is 16.7 Å². The summed E-state index contributed by atoms with van der Waals surface area (Å²) in [4.78, 5) is 11.1. The van der Waals surface area contributed by atoms with Crippen LogP contribution in [-0.4, -0.2) is 17.5 Å². The zero-order chi connectivity index (χ0) is 16.2. The summed E-state index contributed by atoms with van der Waals surface area (Å²) in [6.45, 7) is 5.06. The van der Waals surface area contributed by atoms with Crippen molar-refractivity contribution < 1.29 is 9.90 Å². The second-order valence-corrected chi connectivity index (χ2v) is 9.81. The van der Waals surface area contributed by atoms with Gasteiger partial charge >= 0.3 is 0 Å². The summed E-state index contributed by atoms with van der Waals surface area (Å²) >= 11 is 0. The van der Waals surface area contributed by atoms with Gasteiger partial charge in [-0.2, -0.15) is 0 Å². The van der Waals surface area contributed by atoms with Crippen molar-refractivity contribution >= 4 is 6.29 Å². The molecule has 8 atom stereocenters. The molecule has 4 rings (SSSR count). The molecule has 0 spiro atoms. The molecule has 0 bridgehead atoms. The zero-order valence-electron chi connectivity index (χ0n) is 15.0. The Hall–Kier alpha value is -0.370. The third-order valence-electron chi connectivity index (χ3n) is 9.22. The van der Waals surface area contributed by atoms with Crippen molar-refractivity contribution in [1.82, 2.24) is 0 Å². The normalized spacial score (nSPS) is 55.6. The van der Waals surface area contributed by atoms with Gasteiger partial charge in [0.05, 0.1) is 6.10 Å². The van der Waals surface area contributed by atoms with Crippen LogP contribution in [0.4, 0.5) is 0 Å². The number of aliphatic hydroxyl groups excluding tert-OH is 1. The fourth-order valence-corrected chi connectivity index (χ4v) is 7.85. The maximum absolute atomic E-state index is 11.1. The van der Waals surface area contributed by atoms with E-state index >= 15 is 0 Å². The Morgan fingerprint density at radius 1 is 0.957 bits per heavy atom. The van der Waals surface area contributed by atoms with Gasteiger partial charge in [-0.15, -0.1) is 0 Å². The van der Waals surface area contributed by atoms with Crippen molar-refractivity contribution in [3.8, 4) is 0 Å². The summed E-state index contributed by atoms with van der Waals surface area (Å²) in [5.41, 5.74) is 0.908. The van der Waals surface area contributed by atoms with Crippen LogP contribution in [0.2, 0.25) is 0 Å². The lowest BCUT2D eigenvalue weighted by molar-refractivity contribution is -0.128. The van der Waals surface area contributed by atoms with Gasteiger partial charge in [0, 0.05) is 6.42 Å². The Morgan fingerprint density at radius 2 is 1.70 bits per heavy atom. The molecule has 4 saturated carbocycles. The highest BCUT2D eigenvalue weighted by molar-refractivity contribution is 5.50. The first-order chi connectivity index (χ1) is 11.0. The van der Waals surface area contributed by atoms with E-state index in [0.717, 1.165) is 42.9 Å². The van der Waals surface area contributed by atoms with Crippen molar-refractivity contribution in [1.29, 1.82) is 0 Å². The van der Waals surface area contributed by atoms with E-state index in [1.165, 1.54) is 51.2 Å². The molecule has 130 valence electrons.